The fraction of sp³-hybridized carbons (Fsp3) is 0.0769. The third-order valence-electron chi connectivity index (χ3n) is 5.18. The maximum Gasteiger partial charge on any atom is 0.341 e. The molecule has 0 amide bonds. The number of phenolic OH excluding ortho intramolecular Hbond substituents is 1. The van der Waals surface area contributed by atoms with Crippen LogP contribution < -0.4 is 0 Å². The van der Waals surface area contributed by atoms with Gasteiger partial charge in [0.25, 0.3) is 0 Å². The summed E-state index contributed by atoms with van der Waals surface area (Å²) in [6.07, 6.45) is 2.70. The quantitative estimate of drug-likeness (QED) is 0.216. The van der Waals surface area contributed by atoms with E-state index >= 15 is 0 Å². The second-order valence-corrected chi connectivity index (χ2v) is 7.68. The van der Waals surface area contributed by atoms with Crippen molar-refractivity contribution in [2.24, 2.45) is 0 Å². The summed E-state index contributed by atoms with van der Waals surface area (Å²) in [5.41, 5.74) is 2.95. The average Bonchev–Trinajstić information content (AvgIpc) is 3.37. The highest BCUT2D eigenvalue weighted by molar-refractivity contribution is 6.30. The monoisotopic (exact) mass is 487 g/mol. The first-order chi connectivity index (χ1) is 17.0. The molecule has 4 rings (SSSR count). The molecule has 9 heteroatoms. The molecule has 2 aromatic carbocycles. The zero-order chi connectivity index (χ0) is 24.9. The minimum Gasteiger partial charge on any atom is -0.506 e. The predicted molar refractivity (Wildman–Crippen MR) is 129 cm³/mol. The van der Waals surface area contributed by atoms with Crippen LogP contribution in [-0.4, -0.2) is 35.4 Å². The number of hydrogen-bond acceptors (Lipinski definition) is 8. The number of hydrogen-bond donors (Lipinski definition) is 1. The summed E-state index contributed by atoms with van der Waals surface area (Å²) in [6.45, 7) is 0. The van der Waals surface area contributed by atoms with Crippen LogP contribution in [0.5, 0.6) is 5.75 Å². The van der Waals surface area contributed by atoms with Crippen LogP contribution in [0.15, 0.2) is 71.6 Å². The van der Waals surface area contributed by atoms with Crippen molar-refractivity contribution >= 4 is 23.1 Å². The predicted octanol–water partition coefficient (Wildman–Crippen LogP) is 5.46. The third-order valence-corrected chi connectivity index (χ3v) is 5.38. The molecule has 0 spiro atoms. The molecule has 35 heavy (non-hydrogen) atoms. The highest BCUT2D eigenvalue weighted by Gasteiger charge is 2.22. The SMILES string of the molecule is CO/C=C(\C(=O)OC)c1ccccc1-c1cc(-c2cccc(-c3ncc(Cl)cc3C#N)c2O)on1. The normalized spacial score (nSPS) is 11.1. The molecule has 174 valence electrons. The summed E-state index contributed by atoms with van der Waals surface area (Å²) in [7, 11) is 2.72. The Morgan fingerprint density at radius 2 is 1.86 bits per heavy atom. The number of phenols is 1. The van der Waals surface area contributed by atoms with Crippen LogP contribution in [0.2, 0.25) is 5.02 Å². The number of nitriles is 1. The van der Waals surface area contributed by atoms with E-state index in [1.165, 1.54) is 32.7 Å². The number of benzene rings is 2. The third kappa shape index (κ3) is 4.58. The number of aromatic hydroxyl groups is 1. The van der Waals surface area contributed by atoms with Crippen molar-refractivity contribution in [3.8, 4) is 45.7 Å². The van der Waals surface area contributed by atoms with Crippen LogP contribution in [0.1, 0.15) is 11.1 Å². The molecule has 1 N–H and O–H groups in total. The lowest BCUT2D eigenvalue weighted by Gasteiger charge is -2.09. The van der Waals surface area contributed by atoms with Crippen molar-refractivity contribution < 1.29 is 23.9 Å². The van der Waals surface area contributed by atoms with Gasteiger partial charge < -0.3 is 19.1 Å². The summed E-state index contributed by atoms with van der Waals surface area (Å²) >= 11 is 5.95. The van der Waals surface area contributed by atoms with E-state index in [1.807, 2.05) is 6.07 Å². The Balaban J connectivity index is 1.80. The van der Waals surface area contributed by atoms with Crippen LogP contribution in [-0.2, 0) is 14.3 Å². The lowest BCUT2D eigenvalue weighted by Crippen LogP contribution is -2.05. The van der Waals surface area contributed by atoms with Gasteiger partial charge in [0.1, 0.15) is 23.1 Å². The molecule has 0 bridgehead atoms. The van der Waals surface area contributed by atoms with Crippen molar-refractivity contribution in [1.82, 2.24) is 10.1 Å². The van der Waals surface area contributed by atoms with Crippen LogP contribution in [0, 0.1) is 11.3 Å². The van der Waals surface area contributed by atoms with Gasteiger partial charge in [0.05, 0.1) is 42.3 Å². The Hall–Kier alpha value is -4.61. The van der Waals surface area contributed by atoms with Crippen LogP contribution in [0.3, 0.4) is 0 Å². The van der Waals surface area contributed by atoms with Gasteiger partial charge in [0.15, 0.2) is 5.76 Å². The number of methoxy groups -OCH3 is 2. The summed E-state index contributed by atoms with van der Waals surface area (Å²) in [6, 6.07) is 17.2. The van der Waals surface area contributed by atoms with Gasteiger partial charge in [-0.05, 0) is 18.2 Å². The van der Waals surface area contributed by atoms with Gasteiger partial charge in [-0.1, -0.05) is 47.1 Å². The zero-order valence-corrected chi connectivity index (χ0v) is 19.4. The van der Waals surface area contributed by atoms with Crippen LogP contribution >= 0.6 is 11.6 Å². The van der Waals surface area contributed by atoms with E-state index < -0.39 is 5.97 Å². The van der Waals surface area contributed by atoms with Gasteiger partial charge in [-0.15, -0.1) is 0 Å². The van der Waals surface area contributed by atoms with Crippen molar-refractivity contribution in [2.45, 2.75) is 0 Å². The Bertz CT molecular complexity index is 1490. The molecule has 2 heterocycles. The molecule has 0 aliphatic carbocycles. The zero-order valence-electron chi connectivity index (χ0n) is 18.7. The largest absolute Gasteiger partial charge is 0.506 e. The van der Waals surface area contributed by atoms with Gasteiger partial charge >= 0.3 is 5.97 Å². The van der Waals surface area contributed by atoms with E-state index in [1.54, 1.807) is 48.5 Å². The fourth-order valence-electron chi connectivity index (χ4n) is 3.59. The molecule has 0 aliphatic heterocycles. The maximum absolute atomic E-state index is 12.3. The number of ether oxygens (including phenoxy) is 2. The fourth-order valence-corrected chi connectivity index (χ4v) is 3.75. The minimum atomic E-state index is -0.572. The van der Waals surface area contributed by atoms with Gasteiger partial charge in [-0.25, -0.2) is 4.79 Å². The van der Waals surface area contributed by atoms with Gasteiger partial charge in [-0.3, -0.25) is 4.98 Å². The number of para-hydroxylation sites is 1. The maximum atomic E-state index is 12.3. The second-order valence-electron chi connectivity index (χ2n) is 7.24. The Kier molecular flexibility index (Phi) is 6.81. The Labute approximate surface area is 205 Å². The molecule has 0 radical (unpaired) electrons. The van der Waals surface area contributed by atoms with E-state index in [-0.39, 0.29) is 28.3 Å². The lowest BCUT2D eigenvalue weighted by atomic mass is 9.97. The van der Waals surface area contributed by atoms with Gasteiger partial charge in [-0.2, -0.15) is 5.26 Å². The van der Waals surface area contributed by atoms with Crippen molar-refractivity contribution in [3.63, 3.8) is 0 Å². The first kappa shape index (κ1) is 23.5. The first-order valence-corrected chi connectivity index (χ1v) is 10.6. The number of carbonyl (C=O) groups is 1. The molecule has 0 unspecified atom stereocenters. The molecule has 0 atom stereocenters. The Morgan fingerprint density at radius 3 is 2.60 bits per heavy atom. The Morgan fingerprint density at radius 1 is 1.11 bits per heavy atom. The number of pyridine rings is 1. The van der Waals surface area contributed by atoms with E-state index in [9.17, 15) is 15.2 Å². The molecule has 8 nitrogen and oxygen atoms in total. The standard InChI is InChI=1S/C26H18ClN3O5/c1-33-14-21(26(32)34-2)17-6-3-4-7-18(17)22-11-23(35-30-22)19-8-5-9-20(25(19)31)24-15(12-28)10-16(27)13-29-24/h3-11,13-14,31H,1-2H3/b21-14-. The molecule has 0 fully saturated rings. The molecular weight excluding hydrogens is 470 g/mol. The number of aromatic nitrogens is 2. The van der Waals surface area contributed by atoms with Crippen molar-refractivity contribution in [3.05, 3.63) is 83.2 Å². The molecule has 4 aromatic rings. The van der Waals surface area contributed by atoms with E-state index in [0.717, 1.165) is 0 Å². The van der Waals surface area contributed by atoms with Crippen molar-refractivity contribution in [1.29, 1.82) is 5.26 Å². The summed E-state index contributed by atoms with van der Waals surface area (Å²) in [5.74, 6) is -0.432. The molecule has 2 aromatic heterocycles. The lowest BCUT2D eigenvalue weighted by molar-refractivity contribution is -0.133. The number of halogens is 1. The van der Waals surface area contributed by atoms with E-state index in [4.69, 9.17) is 25.6 Å². The summed E-state index contributed by atoms with van der Waals surface area (Å²) in [5, 5.41) is 25.0. The number of rotatable bonds is 6. The number of nitrogens with zero attached hydrogens (tertiary/aromatic N) is 3. The number of carbonyl (C=O) groups excluding carboxylic acids is 1. The second kappa shape index (κ2) is 10.1. The summed E-state index contributed by atoms with van der Waals surface area (Å²) in [4.78, 5) is 16.5. The first-order valence-electron chi connectivity index (χ1n) is 10.2. The highest BCUT2D eigenvalue weighted by atomic mass is 35.5. The summed E-state index contributed by atoms with van der Waals surface area (Å²) < 4.78 is 15.5. The minimum absolute atomic E-state index is 0.135. The molecule has 0 aliphatic rings. The van der Waals surface area contributed by atoms with Crippen molar-refractivity contribution in [2.75, 3.05) is 14.2 Å². The van der Waals surface area contributed by atoms with Crippen LogP contribution in [0.4, 0.5) is 0 Å². The highest BCUT2D eigenvalue weighted by Crippen LogP contribution is 2.40. The molecular formula is C26H18ClN3O5. The average molecular weight is 488 g/mol. The molecule has 0 saturated heterocycles. The van der Waals surface area contributed by atoms with Gasteiger partial charge in [0.2, 0.25) is 0 Å². The smallest absolute Gasteiger partial charge is 0.341 e. The topological polar surface area (TPSA) is 118 Å². The molecule has 0 saturated carbocycles. The van der Waals surface area contributed by atoms with E-state index in [0.29, 0.717) is 33.0 Å². The van der Waals surface area contributed by atoms with Gasteiger partial charge in [0, 0.05) is 29.0 Å². The van der Waals surface area contributed by atoms with Crippen LogP contribution in [0.25, 0.3) is 39.4 Å². The van der Waals surface area contributed by atoms with E-state index in [2.05, 4.69) is 10.1 Å². The number of esters is 1.